The monoisotopic (exact) mass is 500 g/mol. The molecule has 0 spiro atoms. The fourth-order valence-corrected chi connectivity index (χ4v) is 3.00. The lowest BCUT2D eigenvalue weighted by Crippen LogP contribution is -2.59. The lowest BCUT2D eigenvalue weighted by atomic mass is 10.0. The van der Waals surface area contributed by atoms with Crippen LogP contribution in [-0.2, 0) is 30.4 Å². The first kappa shape index (κ1) is 28.7. The van der Waals surface area contributed by atoms with Crippen LogP contribution in [0.3, 0.4) is 0 Å². The molecule has 1 aromatic rings. The van der Waals surface area contributed by atoms with Crippen molar-refractivity contribution >= 4 is 42.3 Å². The van der Waals surface area contributed by atoms with Crippen molar-refractivity contribution in [2.45, 2.75) is 50.0 Å². The molecule has 34 heavy (non-hydrogen) atoms. The van der Waals surface area contributed by atoms with Crippen molar-refractivity contribution in [1.29, 1.82) is 0 Å². The van der Waals surface area contributed by atoms with Gasteiger partial charge in [0.2, 0.25) is 17.7 Å². The maximum absolute atomic E-state index is 12.8. The van der Waals surface area contributed by atoms with Gasteiger partial charge in [0.25, 0.3) is 0 Å². The van der Waals surface area contributed by atoms with Crippen LogP contribution < -0.4 is 21.7 Å². The molecule has 5 unspecified atom stereocenters. The number of thiol groups is 1. The Morgan fingerprint density at radius 3 is 1.94 bits per heavy atom. The molecular weight excluding hydrogens is 472 g/mol. The summed E-state index contributed by atoms with van der Waals surface area (Å²) in [6.07, 6.45) is -2.24. The molecule has 1 aromatic carbocycles. The molecule has 1 rings (SSSR count). The summed E-state index contributed by atoms with van der Waals surface area (Å²) in [5.74, 6) is -5.79. The minimum atomic E-state index is -1.65. The van der Waals surface area contributed by atoms with Crippen molar-refractivity contribution in [3.8, 4) is 5.75 Å². The smallest absolute Gasteiger partial charge is 0.328 e. The number of nitrogens with one attached hydrogen (secondary N) is 3. The Balaban J connectivity index is 3.05. The number of benzene rings is 1. The van der Waals surface area contributed by atoms with Crippen molar-refractivity contribution in [3.05, 3.63) is 29.8 Å². The second-order valence-electron chi connectivity index (χ2n) is 7.44. The van der Waals surface area contributed by atoms with Gasteiger partial charge in [0.15, 0.2) is 6.04 Å². The summed E-state index contributed by atoms with van der Waals surface area (Å²) in [6.45, 7) is 1.17. The van der Waals surface area contributed by atoms with E-state index in [0.29, 0.717) is 5.56 Å². The van der Waals surface area contributed by atoms with Crippen molar-refractivity contribution in [3.63, 3.8) is 0 Å². The summed E-state index contributed by atoms with van der Waals surface area (Å²) in [5.41, 5.74) is 5.98. The standard InChI is InChI=1S/C20H28N4O9S/c1-9(25)16(20(32)33)24-18(30)13(6-10-2-4-11(26)5-3-10)22-19(31)14(8-34)23-17(29)12(21)7-15(27)28/h2-5,9,12-14,16,25-26,34H,6-8,21H2,1H3,(H,22,31)(H,23,29)(H,24,30)(H,27,28)(H,32,33). The fraction of sp³-hybridized carbons (Fsp3) is 0.450. The van der Waals surface area contributed by atoms with Crippen LogP contribution in [0.15, 0.2) is 24.3 Å². The van der Waals surface area contributed by atoms with Crippen LogP contribution in [0.2, 0.25) is 0 Å². The normalized spacial score (nSPS) is 15.2. The van der Waals surface area contributed by atoms with Crippen LogP contribution in [-0.4, -0.2) is 86.1 Å². The molecule has 9 N–H and O–H groups in total. The van der Waals surface area contributed by atoms with E-state index < -0.39 is 66.4 Å². The molecular formula is C20H28N4O9S. The number of aliphatic hydroxyl groups is 1. The van der Waals surface area contributed by atoms with Crippen molar-refractivity contribution in [2.75, 3.05) is 5.75 Å². The number of hydrogen-bond acceptors (Lipinski definition) is 9. The molecule has 0 bridgehead atoms. The van der Waals surface area contributed by atoms with Crippen LogP contribution >= 0.6 is 12.6 Å². The molecule has 0 fully saturated rings. The summed E-state index contributed by atoms with van der Waals surface area (Å²) < 4.78 is 0. The van der Waals surface area contributed by atoms with E-state index in [1.165, 1.54) is 31.2 Å². The van der Waals surface area contributed by atoms with Gasteiger partial charge in [-0.05, 0) is 24.6 Å². The summed E-state index contributed by atoms with van der Waals surface area (Å²) >= 11 is 3.99. The number of carbonyl (C=O) groups is 5. The molecule has 188 valence electrons. The third-order valence-electron chi connectivity index (χ3n) is 4.60. The zero-order valence-electron chi connectivity index (χ0n) is 18.2. The van der Waals surface area contributed by atoms with Crippen molar-refractivity contribution in [2.24, 2.45) is 5.73 Å². The van der Waals surface area contributed by atoms with Gasteiger partial charge in [-0.25, -0.2) is 4.79 Å². The number of nitrogens with two attached hydrogens (primary N) is 1. The molecule has 0 saturated heterocycles. The van der Waals surface area contributed by atoms with Gasteiger partial charge >= 0.3 is 11.9 Å². The Kier molecular flexibility index (Phi) is 11.3. The third-order valence-corrected chi connectivity index (χ3v) is 4.97. The molecule has 0 heterocycles. The van der Waals surface area contributed by atoms with Crippen LogP contribution in [0.25, 0.3) is 0 Å². The second-order valence-corrected chi connectivity index (χ2v) is 7.81. The Morgan fingerprint density at radius 2 is 1.47 bits per heavy atom. The largest absolute Gasteiger partial charge is 0.508 e. The highest BCUT2D eigenvalue weighted by molar-refractivity contribution is 7.80. The topological polar surface area (TPSA) is 228 Å². The van der Waals surface area contributed by atoms with E-state index in [2.05, 4.69) is 28.6 Å². The van der Waals surface area contributed by atoms with Gasteiger partial charge in [-0.1, -0.05) is 12.1 Å². The zero-order valence-corrected chi connectivity index (χ0v) is 19.1. The molecule has 0 aliphatic rings. The predicted molar refractivity (Wildman–Crippen MR) is 121 cm³/mol. The van der Waals surface area contributed by atoms with Crippen LogP contribution in [0.4, 0.5) is 0 Å². The van der Waals surface area contributed by atoms with Crippen molar-refractivity contribution < 1.29 is 44.4 Å². The summed E-state index contributed by atoms with van der Waals surface area (Å²) in [6, 6.07) is -0.0536. The number of aliphatic carboxylic acids is 2. The fourth-order valence-electron chi connectivity index (χ4n) is 2.75. The lowest BCUT2D eigenvalue weighted by Gasteiger charge is -2.25. The molecule has 13 nitrogen and oxygen atoms in total. The lowest BCUT2D eigenvalue weighted by molar-refractivity contribution is -0.145. The maximum Gasteiger partial charge on any atom is 0.328 e. The average molecular weight is 501 g/mol. The summed E-state index contributed by atoms with van der Waals surface area (Å²) in [7, 11) is 0. The zero-order chi connectivity index (χ0) is 26.0. The second kappa shape index (κ2) is 13.4. The highest BCUT2D eigenvalue weighted by Gasteiger charge is 2.32. The number of aliphatic hydroxyl groups excluding tert-OH is 1. The number of aromatic hydroxyl groups is 1. The first-order valence-corrected chi connectivity index (χ1v) is 10.7. The van der Waals surface area contributed by atoms with Gasteiger partial charge in [-0.2, -0.15) is 12.6 Å². The van der Waals surface area contributed by atoms with E-state index in [4.69, 9.17) is 10.8 Å². The van der Waals surface area contributed by atoms with E-state index in [0.717, 1.165) is 0 Å². The third kappa shape index (κ3) is 9.25. The molecule has 0 aliphatic carbocycles. The van der Waals surface area contributed by atoms with Gasteiger partial charge < -0.3 is 42.1 Å². The summed E-state index contributed by atoms with van der Waals surface area (Å²) in [5, 5.41) is 43.8. The molecule has 0 aliphatic heterocycles. The average Bonchev–Trinajstić information content (AvgIpc) is 2.75. The Morgan fingerprint density at radius 1 is 0.941 bits per heavy atom. The van der Waals surface area contributed by atoms with Gasteiger partial charge in [0.1, 0.15) is 17.8 Å². The van der Waals surface area contributed by atoms with Crippen LogP contribution in [0.5, 0.6) is 5.75 Å². The molecule has 3 amide bonds. The highest BCUT2D eigenvalue weighted by atomic mass is 32.1. The van der Waals surface area contributed by atoms with E-state index in [1.54, 1.807) is 0 Å². The van der Waals surface area contributed by atoms with Crippen LogP contribution in [0, 0.1) is 0 Å². The molecule has 14 heteroatoms. The number of carbonyl (C=O) groups excluding carboxylic acids is 3. The molecule has 0 radical (unpaired) electrons. The van der Waals surface area contributed by atoms with Gasteiger partial charge in [-0.3, -0.25) is 19.2 Å². The Labute approximate surface area is 200 Å². The van der Waals surface area contributed by atoms with Gasteiger partial charge in [0, 0.05) is 12.2 Å². The number of rotatable bonds is 13. The summed E-state index contributed by atoms with van der Waals surface area (Å²) in [4.78, 5) is 59.7. The first-order chi connectivity index (χ1) is 15.8. The number of hydrogen-bond donors (Lipinski definition) is 9. The number of carboxylic acids is 2. The Hall–Kier alpha value is -3.36. The number of amides is 3. The van der Waals surface area contributed by atoms with E-state index >= 15 is 0 Å². The van der Waals surface area contributed by atoms with Crippen molar-refractivity contribution in [1.82, 2.24) is 16.0 Å². The predicted octanol–water partition coefficient (Wildman–Crippen LogP) is -2.41. The quantitative estimate of drug-likeness (QED) is 0.130. The maximum atomic E-state index is 12.8. The van der Waals surface area contributed by atoms with E-state index in [1.807, 2.05) is 0 Å². The highest BCUT2D eigenvalue weighted by Crippen LogP contribution is 2.12. The van der Waals surface area contributed by atoms with Gasteiger partial charge in [-0.15, -0.1) is 0 Å². The molecule has 5 atom stereocenters. The van der Waals surface area contributed by atoms with Crippen LogP contribution in [0.1, 0.15) is 18.9 Å². The number of phenols is 1. The number of phenolic OH excluding ortho intramolecular Hbond substituents is 1. The van der Waals surface area contributed by atoms with E-state index in [9.17, 15) is 39.3 Å². The SMILES string of the molecule is CC(O)C(NC(=O)C(Cc1ccc(O)cc1)NC(=O)C(CS)NC(=O)C(N)CC(=O)O)C(=O)O. The minimum absolute atomic E-state index is 0.0376. The molecule has 0 saturated carbocycles. The number of carboxylic acid groups (broad SMARTS) is 2. The van der Waals surface area contributed by atoms with E-state index in [-0.39, 0.29) is 17.9 Å². The first-order valence-electron chi connectivity index (χ1n) is 10.0. The van der Waals surface area contributed by atoms with Gasteiger partial charge in [0.05, 0.1) is 18.6 Å². The minimum Gasteiger partial charge on any atom is -0.508 e. The Bertz CT molecular complexity index is 895. The molecule has 0 aromatic heterocycles.